The molecule has 122 valence electrons. The van der Waals surface area contributed by atoms with Gasteiger partial charge in [-0.15, -0.1) is 0 Å². The predicted molar refractivity (Wildman–Crippen MR) is 92.7 cm³/mol. The summed E-state index contributed by atoms with van der Waals surface area (Å²) in [5.74, 6) is 0. The van der Waals surface area contributed by atoms with Gasteiger partial charge in [0.05, 0.1) is 18.7 Å². The molecule has 0 amide bonds. The first kappa shape index (κ1) is 14.1. The van der Waals surface area contributed by atoms with Gasteiger partial charge in [0.25, 0.3) is 0 Å². The Bertz CT molecular complexity index is 764. The molecule has 4 heterocycles. The number of nitrogens with zero attached hydrogens (tertiary/aromatic N) is 2. The summed E-state index contributed by atoms with van der Waals surface area (Å²) in [5.41, 5.74) is 4.82. The first-order valence-electron chi connectivity index (χ1n) is 9.25. The van der Waals surface area contributed by atoms with Crippen LogP contribution in [0, 0.1) is 5.41 Å². The second-order valence-corrected chi connectivity index (χ2v) is 7.80. The maximum atomic E-state index is 10.2. The third-order valence-electron chi connectivity index (χ3n) is 6.95. The van der Waals surface area contributed by atoms with Gasteiger partial charge in [-0.1, -0.05) is 25.1 Å². The average Bonchev–Trinajstić information content (AvgIpc) is 2.95. The van der Waals surface area contributed by atoms with Crippen molar-refractivity contribution in [2.75, 3.05) is 19.7 Å². The molecule has 1 N–H and O–H groups in total. The molecular weight excluding hydrogens is 284 g/mol. The third kappa shape index (κ3) is 1.67. The third-order valence-corrected chi connectivity index (χ3v) is 6.95. The number of para-hydroxylation sites is 1. The fourth-order valence-corrected chi connectivity index (χ4v) is 5.99. The van der Waals surface area contributed by atoms with E-state index in [0.717, 1.165) is 12.8 Å². The lowest BCUT2D eigenvalue weighted by molar-refractivity contribution is -0.0421. The molecule has 0 bridgehead atoms. The highest BCUT2D eigenvalue weighted by Crippen LogP contribution is 2.59. The minimum absolute atomic E-state index is 0.248. The van der Waals surface area contributed by atoms with Crippen molar-refractivity contribution in [1.82, 2.24) is 9.47 Å². The minimum Gasteiger partial charge on any atom is -0.394 e. The lowest BCUT2D eigenvalue weighted by Crippen LogP contribution is -2.53. The van der Waals surface area contributed by atoms with Gasteiger partial charge in [0.15, 0.2) is 0 Å². The molecule has 0 aliphatic carbocycles. The van der Waals surface area contributed by atoms with Crippen molar-refractivity contribution in [2.24, 2.45) is 5.41 Å². The van der Waals surface area contributed by atoms with Gasteiger partial charge in [-0.2, -0.15) is 0 Å². The maximum absolute atomic E-state index is 10.2. The molecule has 1 saturated heterocycles. The summed E-state index contributed by atoms with van der Waals surface area (Å²) in [6, 6.07) is 9.67. The Morgan fingerprint density at radius 2 is 2.13 bits per heavy atom. The Balaban J connectivity index is 1.85. The van der Waals surface area contributed by atoms with E-state index in [-0.39, 0.29) is 12.6 Å². The van der Waals surface area contributed by atoms with Crippen LogP contribution >= 0.6 is 0 Å². The summed E-state index contributed by atoms with van der Waals surface area (Å²) in [4.78, 5) is 2.75. The average molecular weight is 310 g/mol. The van der Waals surface area contributed by atoms with Crippen LogP contribution in [0.15, 0.2) is 24.3 Å². The van der Waals surface area contributed by atoms with Gasteiger partial charge >= 0.3 is 0 Å². The number of rotatable bonds is 2. The zero-order valence-corrected chi connectivity index (χ0v) is 14.0. The molecule has 3 aliphatic rings. The first-order chi connectivity index (χ1) is 11.3. The molecule has 0 radical (unpaired) electrons. The van der Waals surface area contributed by atoms with E-state index in [2.05, 4.69) is 40.7 Å². The van der Waals surface area contributed by atoms with Crippen LogP contribution in [-0.2, 0) is 6.42 Å². The highest BCUT2D eigenvalue weighted by Gasteiger charge is 2.52. The lowest BCUT2D eigenvalue weighted by Gasteiger charge is -2.56. The van der Waals surface area contributed by atoms with E-state index in [1.54, 1.807) is 11.3 Å². The van der Waals surface area contributed by atoms with Gasteiger partial charge in [-0.05, 0) is 55.7 Å². The van der Waals surface area contributed by atoms with Crippen molar-refractivity contribution >= 4 is 10.9 Å². The molecule has 3 atom stereocenters. The molecule has 3 heteroatoms. The number of aromatic nitrogens is 1. The molecular formula is C20H26N2O. The van der Waals surface area contributed by atoms with Crippen molar-refractivity contribution in [3.8, 4) is 0 Å². The van der Waals surface area contributed by atoms with Crippen LogP contribution in [0.1, 0.15) is 55.9 Å². The zero-order valence-electron chi connectivity index (χ0n) is 14.0. The molecule has 0 unspecified atom stereocenters. The molecule has 5 rings (SSSR count). The molecule has 2 aromatic rings. The fourth-order valence-electron chi connectivity index (χ4n) is 5.99. The SMILES string of the molecule is CC[C@@]12CCCN3CCc4c(n(c5ccccc45)[C@@H](CO)C1)[C@H]32. The predicted octanol–water partition coefficient (Wildman–Crippen LogP) is 3.67. The van der Waals surface area contributed by atoms with E-state index in [9.17, 15) is 5.11 Å². The van der Waals surface area contributed by atoms with Crippen LogP contribution in [0.3, 0.4) is 0 Å². The fraction of sp³-hybridized carbons (Fsp3) is 0.600. The molecule has 3 nitrogen and oxygen atoms in total. The Morgan fingerprint density at radius 1 is 1.26 bits per heavy atom. The second-order valence-electron chi connectivity index (χ2n) is 7.80. The van der Waals surface area contributed by atoms with E-state index in [0.29, 0.717) is 11.5 Å². The second kappa shape index (κ2) is 4.84. The van der Waals surface area contributed by atoms with Gasteiger partial charge in [-0.25, -0.2) is 0 Å². The topological polar surface area (TPSA) is 28.4 Å². The Kier molecular flexibility index (Phi) is 2.96. The van der Waals surface area contributed by atoms with Gasteiger partial charge in [-0.3, -0.25) is 4.90 Å². The van der Waals surface area contributed by atoms with Crippen LogP contribution in [0.2, 0.25) is 0 Å². The van der Waals surface area contributed by atoms with Gasteiger partial charge in [0, 0.05) is 23.1 Å². The van der Waals surface area contributed by atoms with E-state index in [1.165, 1.54) is 43.3 Å². The van der Waals surface area contributed by atoms with Crippen LogP contribution < -0.4 is 0 Å². The smallest absolute Gasteiger partial charge is 0.0639 e. The van der Waals surface area contributed by atoms with Crippen molar-refractivity contribution in [3.05, 3.63) is 35.5 Å². The number of aliphatic hydroxyl groups is 1. The van der Waals surface area contributed by atoms with Crippen molar-refractivity contribution in [2.45, 2.75) is 51.1 Å². The van der Waals surface area contributed by atoms with Gasteiger partial charge in [0.2, 0.25) is 0 Å². The number of hydrogen-bond acceptors (Lipinski definition) is 2. The summed E-state index contributed by atoms with van der Waals surface area (Å²) in [7, 11) is 0. The number of aliphatic hydroxyl groups excluding tert-OH is 1. The van der Waals surface area contributed by atoms with E-state index in [4.69, 9.17) is 0 Å². The van der Waals surface area contributed by atoms with Crippen LogP contribution in [0.25, 0.3) is 10.9 Å². The van der Waals surface area contributed by atoms with Crippen molar-refractivity contribution < 1.29 is 5.11 Å². The zero-order chi connectivity index (χ0) is 15.6. The minimum atomic E-state index is 0.248. The standard InChI is InChI=1S/C20H26N2O/c1-2-20-9-5-10-21-11-8-16-15-6-3-4-7-17(15)22(14(12-20)13-23)18(16)19(20)21/h3-4,6-7,14,19,23H,2,5,8-13H2,1H3/t14-,19+,20-/m1/s1. The van der Waals surface area contributed by atoms with E-state index in [1.807, 2.05) is 0 Å². The van der Waals surface area contributed by atoms with Crippen LogP contribution in [0.5, 0.6) is 0 Å². The van der Waals surface area contributed by atoms with Gasteiger partial charge < -0.3 is 9.67 Å². The van der Waals surface area contributed by atoms with Crippen molar-refractivity contribution in [1.29, 1.82) is 0 Å². The monoisotopic (exact) mass is 310 g/mol. The van der Waals surface area contributed by atoms with E-state index < -0.39 is 0 Å². The highest BCUT2D eigenvalue weighted by atomic mass is 16.3. The normalized spacial score (nSPS) is 33.0. The summed E-state index contributed by atoms with van der Waals surface area (Å²) in [5, 5.41) is 11.6. The number of piperidine rings is 1. The lowest BCUT2D eigenvalue weighted by atomic mass is 9.63. The Morgan fingerprint density at radius 3 is 2.96 bits per heavy atom. The molecule has 0 spiro atoms. The Labute approximate surface area is 137 Å². The quantitative estimate of drug-likeness (QED) is 0.917. The van der Waals surface area contributed by atoms with Crippen LogP contribution in [-0.4, -0.2) is 34.3 Å². The molecule has 23 heavy (non-hydrogen) atoms. The number of benzene rings is 1. The van der Waals surface area contributed by atoms with Crippen LogP contribution in [0.4, 0.5) is 0 Å². The van der Waals surface area contributed by atoms with Crippen molar-refractivity contribution in [3.63, 3.8) is 0 Å². The first-order valence-corrected chi connectivity index (χ1v) is 9.25. The summed E-state index contributed by atoms with van der Waals surface area (Å²) >= 11 is 0. The summed E-state index contributed by atoms with van der Waals surface area (Å²) in [6.07, 6.45) is 6.16. The number of hydrogen-bond donors (Lipinski definition) is 1. The van der Waals surface area contributed by atoms with Gasteiger partial charge in [0.1, 0.15) is 0 Å². The largest absolute Gasteiger partial charge is 0.394 e. The molecule has 1 aromatic heterocycles. The maximum Gasteiger partial charge on any atom is 0.0639 e. The highest BCUT2D eigenvalue weighted by molar-refractivity contribution is 5.86. The molecule has 3 aliphatic heterocycles. The molecule has 1 fully saturated rings. The number of fused-ring (bicyclic) bond motifs is 3. The van der Waals surface area contributed by atoms with E-state index >= 15 is 0 Å². The molecule has 0 saturated carbocycles. The summed E-state index contributed by atoms with van der Waals surface area (Å²) < 4.78 is 2.51. The molecule has 1 aromatic carbocycles. The summed E-state index contributed by atoms with van der Waals surface area (Å²) in [6.45, 7) is 5.08. The Hall–Kier alpha value is -1.32.